The van der Waals surface area contributed by atoms with Gasteiger partial charge in [0.25, 0.3) is 0 Å². The fourth-order valence-electron chi connectivity index (χ4n) is 3.91. The van der Waals surface area contributed by atoms with Crippen molar-refractivity contribution in [3.05, 3.63) is 0 Å². The van der Waals surface area contributed by atoms with Gasteiger partial charge < -0.3 is 11.1 Å². The molecular weight excluding hydrogens is 210 g/mol. The fraction of sp³-hybridized carbons (Fsp3) is 1.00. The van der Waals surface area contributed by atoms with E-state index in [0.29, 0.717) is 0 Å². The van der Waals surface area contributed by atoms with E-state index >= 15 is 0 Å². The van der Waals surface area contributed by atoms with E-state index in [2.05, 4.69) is 37.9 Å². The Kier molecular flexibility index (Phi) is 3.54. The van der Waals surface area contributed by atoms with E-state index in [4.69, 9.17) is 5.73 Å². The normalized spacial score (nSPS) is 34.1. The minimum absolute atomic E-state index is 0.257. The summed E-state index contributed by atoms with van der Waals surface area (Å²) < 4.78 is 0. The average molecular weight is 239 g/mol. The van der Waals surface area contributed by atoms with Crippen LogP contribution < -0.4 is 11.1 Å². The van der Waals surface area contributed by atoms with Crippen molar-refractivity contribution < 1.29 is 0 Å². The second-order valence-corrected chi connectivity index (χ2v) is 7.34. The van der Waals surface area contributed by atoms with Gasteiger partial charge in [-0.3, -0.25) is 4.90 Å². The number of likely N-dealkylation sites (tertiary alicyclic amines) is 1. The van der Waals surface area contributed by atoms with E-state index in [1.54, 1.807) is 0 Å². The lowest BCUT2D eigenvalue weighted by Crippen LogP contribution is -2.62. The molecule has 0 spiro atoms. The van der Waals surface area contributed by atoms with Crippen molar-refractivity contribution in [2.45, 2.75) is 64.1 Å². The van der Waals surface area contributed by atoms with Gasteiger partial charge in [0, 0.05) is 23.7 Å². The Morgan fingerprint density at radius 1 is 1.18 bits per heavy atom. The van der Waals surface area contributed by atoms with Crippen LogP contribution in [0.15, 0.2) is 0 Å². The minimum Gasteiger partial charge on any atom is -0.330 e. The van der Waals surface area contributed by atoms with Crippen LogP contribution in [0, 0.1) is 5.92 Å². The average Bonchev–Trinajstić information content (AvgIpc) is 2.60. The molecule has 3 nitrogen and oxygen atoms in total. The van der Waals surface area contributed by atoms with Gasteiger partial charge in [-0.15, -0.1) is 0 Å². The van der Waals surface area contributed by atoms with Crippen LogP contribution in [0.5, 0.6) is 0 Å². The number of nitrogens with two attached hydrogens (primary N) is 1. The monoisotopic (exact) mass is 239 g/mol. The second-order valence-electron chi connectivity index (χ2n) is 7.34. The Balaban J connectivity index is 2.01. The first kappa shape index (κ1) is 13.3. The van der Waals surface area contributed by atoms with Crippen LogP contribution in [0.1, 0.15) is 47.0 Å². The van der Waals surface area contributed by atoms with Crippen LogP contribution in [-0.4, -0.2) is 41.7 Å². The number of hydrogen-bond donors (Lipinski definition) is 2. The van der Waals surface area contributed by atoms with Crippen LogP contribution in [-0.2, 0) is 0 Å². The molecule has 17 heavy (non-hydrogen) atoms. The molecule has 3 N–H and O–H groups in total. The van der Waals surface area contributed by atoms with Crippen LogP contribution >= 0.6 is 0 Å². The van der Waals surface area contributed by atoms with Gasteiger partial charge in [0.2, 0.25) is 0 Å². The molecule has 0 amide bonds. The third-order valence-electron chi connectivity index (χ3n) is 4.34. The van der Waals surface area contributed by atoms with Crippen molar-refractivity contribution in [3.8, 4) is 0 Å². The molecule has 0 bridgehead atoms. The summed E-state index contributed by atoms with van der Waals surface area (Å²) >= 11 is 0. The van der Waals surface area contributed by atoms with Crippen LogP contribution in [0.25, 0.3) is 0 Å². The van der Waals surface area contributed by atoms with Gasteiger partial charge in [0.15, 0.2) is 0 Å². The second kappa shape index (κ2) is 4.52. The Labute approximate surface area is 106 Å². The van der Waals surface area contributed by atoms with Gasteiger partial charge in [-0.05, 0) is 66.0 Å². The fourth-order valence-corrected chi connectivity index (χ4v) is 3.91. The van der Waals surface area contributed by atoms with E-state index in [0.717, 1.165) is 18.5 Å². The molecule has 0 aromatic carbocycles. The zero-order chi connectivity index (χ0) is 12.7. The molecule has 2 aliphatic rings. The maximum Gasteiger partial charge on any atom is 0.0145 e. The zero-order valence-corrected chi connectivity index (χ0v) is 11.9. The Hall–Kier alpha value is -0.120. The van der Waals surface area contributed by atoms with E-state index in [-0.39, 0.29) is 11.1 Å². The molecule has 0 unspecified atom stereocenters. The summed E-state index contributed by atoms with van der Waals surface area (Å²) in [4.78, 5) is 2.68. The number of hydrogen-bond acceptors (Lipinski definition) is 3. The number of rotatable bonds is 2. The quantitative estimate of drug-likeness (QED) is 0.769. The molecule has 1 atom stereocenters. The maximum absolute atomic E-state index is 5.79. The molecule has 2 heterocycles. The molecule has 0 aromatic heterocycles. The summed E-state index contributed by atoms with van der Waals surface area (Å²) in [6, 6.07) is 0.734. The lowest BCUT2D eigenvalue weighted by Gasteiger charge is -2.49. The molecule has 2 saturated heterocycles. The number of nitrogens with one attached hydrogen (secondary N) is 1. The highest BCUT2D eigenvalue weighted by atomic mass is 15.2. The molecule has 2 aliphatic heterocycles. The van der Waals surface area contributed by atoms with E-state index in [1.165, 1.54) is 32.4 Å². The van der Waals surface area contributed by atoms with Crippen molar-refractivity contribution in [1.29, 1.82) is 0 Å². The van der Waals surface area contributed by atoms with Crippen molar-refractivity contribution >= 4 is 0 Å². The Morgan fingerprint density at radius 3 is 2.24 bits per heavy atom. The standard InChI is InChI=1S/C14H29N3/c1-13(2)7-12(8-14(3,4)16-13)17-6-5-11(9-15)10-17/h11-12,16H,5-10,15H2,1-4H3/t11-/m0/s1. The van der Waals surface area contributed by atoms with Gasteiger partial charge in [-0.2, -0.15) is 0 Å². The highest BCUT2D eigenvalue weighted by Gasteiger charge is 2.41. The summed E-state index contributed by atoms with van der Waals surface area (Å²) in [7, 11) is 0. The highest BCUT2D eigenvalue weighted by Crippen LogP contribution is 2.33. The van der Waals surface area contributed by atoms with Gasteiger partial charge in [0.05, 0.1) is 0 Å². The van der Waals surface area contributed by atoms with Crippen LogP contribution in [0.3, 0.4) is 0 Å². The Morgan fingerprint density at radius 2 is 1.76 bits per heavy atom. The largest absolute Gasteiger partial charge is 0.330 e. The van der Waals surface area contributed by atoms with Gasteiger partial charge >= 0.3 is 0 Å². The molecule has 2 rings (SSSR count). The van der Waals surface area contributed by atoms with E-state index in [9.17, 15) is 0 Å². The highest BCUT2D eigenvalue weighted by molar-refractivity contribution is 5.01. The van der Waals surface area contributed by atoms with Crippen molar-refractivity contribution in [3.63, 3.8) is 0 Å². The summed E-state index contributed by atoms with van der Waals surface area (Å²) in [6.07, 6.45) is 3.81. The summed E-state index contributed by atoms with van der Waals surface area (Å²) in [5.41, 5.74) is 6.31. The molecule has 3 heteroatoms. The van der Waals surface area contributed by atoms with Gasteiger partial charge in [-0.1, -0.05) is 0 Å². The third-order valence-corrected chi connectivity index (χ3v) is 4.34. The van der Waals surface area contributed by atoms with Crippen molar-refractivity contribution in [2.75, 3.05) is 19.6 Å². The van der Waals surface area contributed by atoms with Crippen molar-refractivity contribution in [2.24, 2.45) is 11.7 Å². The molecule has 0 aliphatic carbocycles. The molecule has 0 saturated carbocycles. The molecule has 2 fully saturated rings. The first-order valence-electron chi connectivity index (χ1n) is 7.05. The Bertz CT molecular complexity index is 257. The molecule has 100 valence electrons. The summed E-state index contributed by atoms with van der Waals surface area (Å²) in [5.74, 6) is 0.733. The maximum atomic E-state index is 5.79. The van der Waals surface area contributed by atoms with Gasteiger partial charge in [-0.25, -0.2) is 0 Å². The van der Waals surface area contributed by atoms with Crippen molar-refractivity contribution in [1.82, 2.24) is 10.2 Å². The lowest BCUT2D eigenvalue weighted by atomic mass is 9.79. The summed E-state index contributed by atoms with van der Waals surface area (Å²) in [5, 5.41) is 3.76. The molecule has 0 radical (unpaired) electrons. The first-order valence-corrected chi connectivity index (χ1v) is 7.05. The van der Waals surface area contributed by atoms with E-state index in [1.807, 2.05) is 0 Å². The van der Waals surface area contributed by atoms with Gasteiger partial charge in [0.1, 0.15) is 0 Å². The number of nitrogens with zero attached hydrogens (tertiary/aromatic N) is 1. The first-order chi connectivity index (χ1) is 7.81. The predicted molar refractivity (Wildman–Crippen MR) is 73.1 cm³/mol. The van der Waals surface area contributed by atoms with Crippen LogP contribution in [0.2, 0.25) is 0 Å². The molecular formula is C14H29N3. The zero-order valence-electron chi connectivity index (χ0n) is 11.9. The lowest BCUT2D eigenvalue weighted by molar-refractivity contribution is 0.0785. The SMILES string of the molecule is CC1(C)CC(N2CC[C@@H](CN)C2)CC(C)(C)N1. The van der Waals surface area contributed by atoms with E-state index < -0.39 is 0 Å². The van der Waals surface area contributed by atoms with Crippen LogP contribution in [0.4, 0.5) is 0 Å². The predicted octanol–water partition coefficient (Wildman–Crippen LogP) is 1.58. The number of piperidine rings is 1. The third kappa shape index (κ3) is 3.21. The summed E-state index contributed by atoms with van der Waals surface area (Å²) in [6.45, 7) is 12.6. The topological polar surface area (TPSA) is 41.3 Å². The smallest absolute Gasteiger partial charge is 0.0145 e. The molecule has 0 aromatic rings. The minimum atomic E-state index is 0.257.